The molecule has 0 heterocycles. The standard InChI is InChI=1S/C18H20BrClN2O/c1-3-16(13-7-9-14(19)10-8-13)21-11-18(23)22-17-6-4-5-15(20)12(17)2/h4-10,16,21H,3,11H2,1-2H3,(H,22,23)/p+1/t16-/m0/s1. The van der Waals surface area contributed by atoms with Crippen molar-refractivity contribution in [1.82, 2.24) is 0 Å². The van der Waals surface area contributed by atoms with E-state index in [9.17, 15) is 4.79 Å². The minimum absolute atomic E-state index is 0.0223. The smallest absolute Gasteiger partial charge is 0.279 e. The molecular formula is C18H21BrClN2O+. The highest BCUT2D eigenvalue weighted by Gasteiger charge is 2.15. The summed E-state index contributed by atoms with van der Waals surface area (Å²) in [5, 5.41) is 5.66. The Kier molecular flexibility index (Phi) is 6.63. The lowest BCUT2D eigenvalue weighted by molar-refractivity contribution is -0.686. The molecule has 0 aliphatic heterocycles. The molecule has 2 rings (SSSR count). The maximum Gasteiger partial charge on any atom is 0.279 e. The summed E-state index contributed by atoms with van der Waals surface area (Å²) >= 11 is 9.52. The zero-order valence-corrected chi connectivity index (χ0v) is 15.6. The zero-order chi connectivity index (χ0) is 16.8. The number of nitrogens with two attached hydrogens (primary N) is 1. The fourth-order valence-electron chi connectivity index (χ4n) is 2.44. The highest BCUT2D eigenvalue weighted by molar-refractivity contribution is 9.10. The van der Waals surface area contributed by atoms with Crippen LogP contribution in [-0.2, 0) is 4.79 Å². The normalized spacial score (nSPS) is 12.0. The van der Waals surface area contributed by atoms with E-state index in [-0.39, 0.29) is 11.9 Å². The van der Waals surface area contributed by atoms with Crippen molar-refractivity contribution in [3.8, 4) is 0 Å². The summed E-state index contributed by atoms with van der Waals surface area (Å²) in [6.07, 6.45) is 0.963. The van der Waals surface area contributed by atoms with Crippen LogP contribution >= 0.6 is 27.5 Å². The summed E-state index contributed by atoms with van der Waals surface area (Å²) in [4.78, 5) is 12.2. The minimum Gasteiger partial charge on any atom is -0.332 e. The van der Waals surface area contributed by atoms with Crippen molar-refractivity contribution in [2.45, 2.75) is 26.3 Å². The minimum atomic E-state index is -0.0223. The van der Waals surface area contributed by atoms with E-state index in [4.69, 9.17) is 11.6 Å². The van der Waals surface area contributed by atoms with E-state index in [1.165, 1.54) is 5.56 Å². The van der Waals surface area contributed by atoms with Gasteiger partial charge in [0.25, 0.3) is 5.91 Å². The van der Waals surface area contributed by atoms with Gasteiger partial charge < -0.3 is 10.6 Å². The second kappa shape index (κ2) is 8.48. The van der Waals surface area contributed by atoms with Gasteiger partial charge in [-0.05, 0) is 36.8 Å². The number of hydrogen-bond donors (Lipinski definition) is 2. The Bertz CT molecular complexity index is 673. The topological polar surface area (TPSA) is 45.7 Å². The van der Waals surface area contributed by atoms with Crippen LogP contribution in [0.5, 0.6) is 0 Å². The molecule has 0 aliphatic rings. The van der Waals surface area contributed by atoms with E-state index in [1.807, 2.05) is 37.3 Å². The molecule has 2 aromatic rings. The van der Waals surface area contributed by atoms with Crippen LogP contribution in [0.25, 0.3) is 0 Å². The molecule has 0 radical (unpaired) electrons. The first-order valence-electron chi connectivity index (χ1n) is 7.65. The number of hydrogen-bond acceptors (Lipinski definition) is 1. The van der Waals surface area contributed by atoms with Crippen molar-refractivity contribution in [2.75, 3.05) is 11.9 Å². The third-order valence-electron chi connectivity index (χ3n) is 3.87. The molecule has 1 amide bonds. The highest BCUT2D eigenvalue weighted by atomic mass is 79.9. The maximum atomic E-state index is 12.2. The molecule has 3 N–H and O–H groups in total. The molecule has 0 aliphatic carbocycles. The zero-order valence-electron chi connectivity index (χ0n) is 13.3. The SMILES string of the molecule is CC[C@H]([NH2+]CC(=O)Nc1cccc(Cl)c1C)c1ccc(Br)cc1. The van der Waals surface area contributed by atoms with E-state index in [0.717, 1.165) is 22.1 Å². The monoisotopic (exact) mass is 395 g/mol. The number of benzene rings is 2. The van der Waals surface area contributed by atoms with Gasteiger partial charge in [0.15, 0.2) is 6.54 Å². The van der Waals surface area contributed by atoms with Crippen LogP contribution in [0.1, 0.15) is 30.5 Å². The summed E-state index contributed by atoms with van der Waals surface area (Å²) < 4.78 is 1.06. The van der Waals surface area contributed by atoms with Gasteiger partial charge in [0.05, 0.1) is 0 Å². The Labute approximate surface area is 150 Å². The molecule has 0 saturated carbocycles. The number of carbonyl (C=O) groups excluding carboxylic acids is 1. The lowest BCUT2D eigenvalue weighted by Gasteiger charge is -2.15. The van der Waals surface area contributed by atoms with E-state index < -0.39 is 0 Å². The first-order chi connectivity index (χ1) is 11.0. The van der Waals surface area contributed by atoms with Crippen LogP contribution in [0, 0.1) is 6.92 Å². The Hall–Kier alpha value is -1.36. The number of quaternary nitrogens is 1. The van der Waals surface area contributed by atoms with Crippen molar-refractivity contribution in [3.63, 3.8) is 0 Å². The number of amides is 1. The van der Waals surface area contributed by atoms with Gasteiger partial charge in [0.2, 0.25) is 0 Å². The predicted octanol–water partition coefficient (Wildman–Crippen LogP) is 4.06. The molecule has 0 fully saturated rings. The third-order valence-corrected chi connectivity index (χ3v) is 4.81. The second-order valence-corrected chi connectivity index (χ2v) is 6.79. The van der Waals surface area contributed by atoms with Gasteiger partial charge in [0.1, 0.15) is 6.04 Å². The van der Waals surface area contributed by atoms with Gasteiger partial charge in [-0.2, -0.15) is 0 Å². The summed E-state index contributed by atoms with van der Waals surface area (Å²) in [6, 6.07) is 14.0. The molecule has 0 unspecified atom stereocenters. The van der Waals surface area contributed by atoms with Crippen molar-refractivity contribution in [1.29, 1.82) is 0 Å². The predicted molar refractivity (Wildman–Crippen MR) is 98.8 cm³/mol. The molecule has 0 spiro atoms. The first kappa shape index (κ1) is 18.0. The number of carbonyl (C=O) groups is 1. The van der Waals surface area contributed by atoms with Crippen molar-refractivity contribution >= 4 is 39.1 Å². The van der Waals surface area contributed by atoms with Crippen molar-refractivity contribution in [3.05, 3.63) is 63.1 Å². The summed E-state index contributed by atoms with van der Waals surface area (Å²) in [7, 11) is 0. The molecule has 5 heteroatoms. The molecule has 0 saturated heterocycles. The number of halogens is 2. The molecule has 3 nitrogen and oxygen atoms in total. The van der Waals surface area contributed by atoms with Gasteiger partial charge in [-0.1, -0.05) is 52.7 Å². The van der Waals surface area contributed by atoms with Crippen molar-refractivity contribution in [2.24, 2.45) is 0 Å². The molecule has 122 valence electrons. The first-order valence-corrected chi connectivity index (χ1v) is 8.82. The highest BCUT2D eigenvalue weighted by Crippen LogP contribution is 2.22. The number of anilines is 1. The average Bonchev–Trinajstić information content (AvgIpc) is 2.54. The average molecular weight is 397 g/mol. The van der Waals surface area contributed by atoms with Crippen LogP contribution in [0.15, 0.2) is 46.9 Å². The van der Waals surface area contributed by atoms with E-state index in [0.29, 0.717) is 11.6 Å². The number of nitrogens with one attached hydrogen (secondary N) is 1. The van der Waals surface area contributed by atoms with Gasteiger partial charge in [-0.3, -0.25) is 4.79 Å². The van der Waals surface area contributed by atoms with E-state index in [2.05, 4.69) is 45.6 Å². The molecule has 23 heavy (non-hydrogen) atoms. The fraction of sp³-hybridized carbons (Fsp3) is 0.278. The van der Waals surface area contributed by atoms with E-state index in [1.54, 1.807) is 0 Å². The Morgan fingerprint density at radius 2 is 1.96 bits per heavy atom. The molecule has 0 aromatic heterocycles. The Balaban J connectivity index is 1.94. The second-order valence-electron chi connectivity index (χ2n) is 5.47. The van der Waals surface area contributed by atoms with Crippen LogP contribution in [0.4, 0.5) is 5.69 Å². The Morgan fingerprint density at radius 3 is 2.61 bits per heavy atom. The molecular weight excluding hydrogens is 376 g/mol. The largest absolute Gasteiger partial charge is 0.332 e. The van der Waals surface area contributed by atoms with Gasteiger partial charge in [-0.25, -0.2) is 0 Å². The van der Waals surface area contributed by atoms with Crippen LogP contribution in [-0.4, -0.2) is 12.5 Å². The quantitative estimate of drug-likeness (QED) is 0.760. The van der Waals surface area contributed by atoms with Gasteiger partial charge >= 0.3 is 0 Å². The van der Waals surface area contributed by atoms with Gasteiger partial charge in [-0.15, -0.1) is 0 Å². The molecule has 1 atom stereocenters. The van der Waals surface area contributed by atoms with Gasteiger partial charge in [0, 0.05) is 27.2 Å². The van der Waals surface area contributed by atoms with Crippen LogP contribution in [0.3, 0.4) is 0 Å². The van der Waals surface area contributed by atoms with Crippen molar-refractivity contribution < 1.29 is 10.1 Å². The molecule has 0 bridgehead atoms. The Morgan fingerprint density at radius 1 is 1.26 bits per heavy atom. The number of rotatable bonds is 6. The van der Waals surface area contributed by atoms with Crippen LogP contribution in [0.2, 0.25) is 5.02 Å². The third kappa shape index (κ3) is 5.06. The fourth-order valence-corrected chi connectivity index (χ4v) is 2.88. The summed E-state index contributed by atoms with van der Waals surface area (Å²) in [6.45, 7) is 4.40. The summed E-state index contributed by atoms with van der Waals surface area (Å²) in [5.41, 5.74) is 2.89. The summed E-state index contributed by atoms with van der Waals surface area (Å²) in [5.74, 6) is -0.0223. The van der Waals surface area contributed by atoms with Crippen LogP contribution < -0.4 is 10.6 Å². The lowest BCUT2D eigenvalue weighted by Crippen LogP contribution is -2.87. The molecule has 2 aromatic carbocycles. The lowest BCUT2D eigenvalue weighted by atomic mass is 10.0. The van der Waals surface area contributed by atoms with E-state index >= 15 is 0 Å². The maximum absolute atomic E-state index is 12.2.